The van der Waals surface area contributed by atoms with Crippen molar-refractivity contribution in [3.8, 4) is 11.3 Å². The van der Waals surface area contributed by atoms with Crippen molar-refractivity contribution in [2.45, 2.75) is 13.8 Å². The minimum atomic E-state index is -0.391. The Morgan fingerprint density at radius 1 is 1.14 bits per heavy atom. The summed E-state index contributed by atoms with van der Waals surface area (Å²) in [6, 6.07) is 13.8. The van der Waals surface area contributed by atoms with Crippen LogP contribution in [-0.2, 0) is 9.53 Å². The summed E-state index contributed by atoms with van der Waals surface area (Å²) >= 11 is 0. The maximum Gasteiger partial charge on any atom is 0.335 e. The number of carbonyl (C=O) groups excluding carboxylic acids is 1. The molecule has 1 aromatic carbocycles. The second-order valence-corrected chi connectivity index (χ2v) is 4.50. The maximum atomic E-state index is 11.5. The number of nitrogens with zero attached hydrogens (tertiary/aromatic N) is 1. The minimum absolute atomic E-state index is 0.391. The van der Waals surface area contributed by atoms with Crippen LogP contribution in [0.5, 0.6) is 0 Å². The summed E-state index contributed by atoms with van der Waals surface area (Å²) in [5.41, 5.74) is 2.82. The summed E-state index contributed by atoms with van der Waals surface area (Å²) in [4.78, 5) is 15.9. The molecule has 0 spiro atoms. The lowest BCUT2D eigenvalue weighted by molar-refractivity contribution is -0.133. The van der Waals surface area contributed by atoms with Crippen LogP contribution in [0.4, 0.5) is 0 Å². The molecule has 0 saturated heterocycles. The van der Waals surface area contributed by atoms with Crippen LogP contribution in [0.15, 0.2) is 66.6 Å². The molecule has 3 heteroatoms. The van der Waals surface area contributed by atoms with Gasteiger partial charge in [0.2, 0.25) is 0 Å². The van der Waals surface area contributed by atoms with Crippen LogP contribution >= 0.6 is 0 Å². The second-order valence-electron chi connectivity index (χ2n) is 4.50. The van der Waals surface area contributed by atoms with E-state index in [0.717, 1.165) is 16.8 Å². The Bertz CT molecular complexity index is 655. The predicted octanol–water partition coefficient (Wildman–Crippen LogP) is 4.23. The standard InChI is InChI=1S/C18H17NO2/c1-3-14(2)21-18(20)12-10-15-9-11-17(19-13-15)16-7-5-4-6-8-16/h3-13H,1-2H3. The number of aromatic nitrogens is 1. The topological polar surface area (TPSA) is 39.2 Å². The van der Waals surface area contributed by atoms with Crippen molar-refractivity contribution in [3.05, 3.63) is 72.1 Å². The predicted molar refractivity (Wildman–Crippen MR) is 84.2 cm³/mol. The molecule has 21 heavy (non-hydrogen) atoms. The van der Waals surface area contributed by atoms with Gasteiger partial charge in [0.15, 0.2) is 0 Å². The first kappa shape index (κ1) is 14.7. The smallest absolute Gasteiger partial charge is 0.335 e. The van der Waals surface area contributed by atoms with E-state index in [1.807, 2.05) is 49.4 Å². The Hall–Kier alpha value is -2.68. The third kappa shape index (κ3) is 4.42. The first-order chi connectivity index (χ1) is 10.2. The Labute approximate surface area is 124 Å². The number of benzene rings is 1. The molecule has 0 N–H and O–H groups in total. The number of rotatable bonds is 4. The van der Waals surface area contributed by atoms with Gasteiger partial charge in [0.25, 0.3) is 0 Å². The van der Waals surface area contributed by atoms with Gasteiger partial charge in [0.1, 0.15) is 5.76 Å². The molecule has 0 saturated carbocycles. The molecule has 0 amide bonds. The molecule has 106 valence electrons. The van der Waals surface area contributed by atoms with E-state index >= 15 is 0 Å². The molecule has 0 unspecified atom stereocenters. The highest BCUT2D eigenvalue weighted by Gasteiger charge is 1.99. The Kier molecular flexibility index (Phi) is 5.04. The van der Waals surface area contributed by atoms with E-state index in [1.165, 1.54) is 6.08 Å². The molecule has 2 rings (SSSR count). The molecule has 0 atom stereocenters. The molecular weight excluding hydrogens is 262 g/mol. The monoisotopic (exact) mass is 279 g/mol. The number of allylic oxidation sites excluding steroid dienone is 2. The first-order valence-electron chi connectivity index (χ1n) is 6.73. The highest BCUT2D eigenvalue weighted by atomic mass is 16.5. The van der Waals surface area contributed by atoms with Gasteiger partial charge in [-0.3, -0.25) is 4.98 Å². The summed E-state index contributed by atoms with van der Waals surface area (Å²) in [6.45, 7) is 3.56. The van der Waals surface area contributed by atoms with E-state index in [2.05, 4.69) is 4.98 Å². The van der Waals surface area contributed by atoms with Gasteiger partial charge < -0.3 is 4.74 Å². The van der Waals surface area contributed by atoms with Crippen LogP contribution < -0.4 is 0 Å². The number of esters is 1. The third-order valence-corrected chi connectivity index (χ3v) is 2.94. The van der Waals surface area contributed by atoms with Crippen molar-refractivity contribution >= 4 is 12.0 Å². The SMILES string of the molecule is CC=C(C)OC(=O)C=Cc1ccc(-c2ccccc2)nc1. The summed E-state index contributed by atoms with van der Waals surface area (Å²) in [5, 5.41) is 0. The van der Waals surface area contributed by atoms with E-state index < -0.39 is 5.97 Å². The summed E-state index contributed by atoms with van der Waals surface area (Å²) in [5.74, 6) is 0.194. The molecule has 2 aromatic rings. The van der Waals surface area contributed by atoms with Crippen LogP contribution in [-0.4, -0.2) is 11.0 Å². The second kappa shape index (κ2) is 7.20. The van der Waals surface area contributed by atoms with Crippen LogP contribution in [0.2, 0.25) is 0 Å². The maximum absolute atomic E-state index is 11.5. The van der Waals surface area contributed by atoms with Gasteiger partial charge in [0, 0.05) is 17.8 Å². The molecule has 0 bridgehead atoms. The van der Waals surface area contributed by atoms with Gasteiger partial charge >= 0.3 is 5.97 Å². The fourth-order valence-corrected chi connectivity index (χ4v) is 1.70. The number of pyridine rings is 1. The normalized spacial score (nSPS) is 11.6. The zero-order valence-electron chi connectivity index (χ0n) is 12.1. The van der Waals surface area contributed by atoms with Crippen molar-refractivity contribution in [2.75, 3.05) is 0 Å². The number of hydrogen-bond acceptors (Lipinski definition) is 3. The van der Waals surface area contributed by atoms with Gasteiger partial charge in [-0.15, -0.1) is 0 Å². The Balaban J connectivity index is 2.04. The lowest BCUT2D eigenvalue weighted by atomic mass is 10.1. The molecule has 0 fully saturated rings. The largest absolute Gasteiger partial charge is 0.429 e. The van der Waals surface area contributed by atoms with Crippen molar-refractivity contribution in [1.82, 2.24) is 4.98 Å². The first-order valence-corrected chi connectivity index (χ1v) is 6.73. The minimum Gasteiger partial charge on any atom is -0.429 e. The Morgan fingerprint density at radius 3 is 2.52 bits per heavy atom. The molecule has 0 aliphatic rings. The van der Waals surface area contributed by atoms with Gasteiger partial charge in [0.05, 0.1) is 5.69 Å². The summed E-state index contributed by atoms with van der Waals surface area (Å²) in [6.07, 6.45) is 6.55. The number of hydrogen-bond donors (Lipinski definition) is 0. The number of ether oxygens (including phenoxy) is 1. The van der Waals surface area contributed by atoms with E-state index in [1.54, 1.807) is 25.3 Å². The van der Waals surface area contributed by atoms with E-state index in [4.69, 9.17) is 4.74 Å². The third-order valence-electron chi connectivity index (χ3n) is 2.94. The zero-order chi connectivity index (χ0) is 15.1. The lowest BCUT2D eigenvalue weighted by Gasteiger charge is -2.01. The molecule has 1 heterocycles. The molecule has 0 aliphatic carbocycles. The molecule has 1 aromatic heterocycles. The van der Waals surface area contributed by atoms with Crippen LogP contribution in [0.25, 0.3) is 17.3 Å². The van der Waals surface area contributed by atoms with E-state index in [0.29, 0.717) is 5.76 Å². The molecule has 0 radical (unpaired) electrons. The highest BCUT2D eigenvalue weighted by Crippen LogP contribution is 2.16. The van der Waals surface area contributed by atoms with Crippen LogP contribution in [0.3, 0.4) is 0 Å². The molecule has 3 nitrogen and oxygen atoms in total. The van der Waals surface area contributed by atoms with Crippen molar-refractivity contribution in [2.24, 2.45) is 0 Å². The van der Waals surface area contributed by atoms with Gasteiger partial charge in [-0.1, -0.05) is 36.4 Å². The highest BCUT2D eigenvalue weighted by molar-refractivity contribution is 5.87. The van der Waals surface area contributed by atoms with Crippen LogP contribution in [0.1, 0.15) is 19.4 Å². The van der Waals surface area contributed by atoms with E-state index in [9.17, 15) is 4.79 Å². The van der Waals surface area contributed by atoms with Crippen molar-refractivity contribution in [3.63, 3.8) is 0 Å². The number of carbonyl (C=O) groups is 1. The van der Waals surface area contributed by atoms with Crippen molar-refractivity contribution in [1.29, 1.82) is 0 Å². The fraction of sp³-hybridized carbons (Fsp3) is 0.111. The Morgan fingerprint density at radius 2 is 1.90 bits per heavy atom. The average molecular weight is 279 g/mol. The van der Waals surface area contributed by atoms with Gasteiger partial charge in [-0.05, 0) is 37.6 Å². The molecule has 0 aliphatic heterocycles. The van der Waals surface area contributed by atoms with Crippen molar-refractivity contribution < 1.29 is 9.53 Å². The zero-order valence-corrected chi connectivity index (χ0v) is 12.1. The van der Waals surface area contributed by atoms with Gasteiger partial charge in [-0.2, -0.15) is 0 Å². The van der Waals surface area contributed by atoms with Crippen LogP contribution in [0, 0.1) is 0 Å². The lowest BCUT2D eigenvalue weighted by Crippen LogP contribution is -1.97. The average Bonchev–Trinajstić information content (AvgIpc) is 2.54. The summed E-state index contributed by atoms with van der Waals surface area (Å²) < 4.78 is 5.03. The van der Waals surface area contributed by atoms with Gasteiger partial charge in [-0.25, -0.2) is 4.79 Å². The van der Waals surface area contributed by atoms with E-state index in [-0.39, 0.29) is 0 Å². The molecular formula is C18H17NO2. The fourth-order valence-electron chi connectivity index (χ4n) is 1.70. The quantitative estimate of drug-likeness (QED) is 0.477. The summed E-state index contributed by atoms with van der Waals surface area (Å²) in [7, 11) is 0.